The van der Waals surface area contributed by atoms with Gasteiger partial charge in [-0.05, 0) is 37.3 Å². The van der Waals surface area contributed by atoms with Gasteiger partial charge in [0.05, 0.1) is 19.1 Å². The van der Waals surface area contributed by atoms with Crippen molar-refractivity contribution >= 4 is 38.9 Å². The predicted molar refractivity (Wildman–Crippen MR) is 99.9 cm³/mol. The lowest BCUT2D eigenvalue weighted by Crippen LogP contribution is -2.45. The predicted octanol–water partition coefficient (Wildman–Crippen LogP) is 3.14. The van der Waals surface area contributed by atoms with E-state index in [9.17, 15) is 13.2 Å². The fourth-order valence-corrected chi connectivity index (χ4v) is 3.73. The summed E-state index contributed by atoms with van der Waals surface area (Å²) in [4.78, 5) is 12.5. The van der Waals surface area contributed by atoms with E-state index in [-0.39, 0.29) is 0 Å². The van der Waals surface area contributed by atoms with E-state index in [1.165, 1.54) is 14.0 Å². The molecule has 0 spiro atoms. The van der Waals surface area contributed by atoms with E-state index < -0.39 is 22.0 Å². The fraction of sp³-hybridized carbons (Fsp3) is 0.235. The topological polar surface area (TPSA) is 75.7 Å². The van der Waals surface area contributed by atoms with Crippen LogP contribution < -0.4 is 14.4 Å². The largest absolute Gasteiger partial charge is 0.497 e. The Labute approximate surface area is 152 Å². The van der Waals surface area contributed by atoms with E-state index in [4.69, 9.17) is 16.3 Å². The van der Waals surface area contributed by atoms with Gasteiger partial charge < -0.3 is 10.1 Å². The number of rotatable bonds is 6. The Morgan fingerprint density at radius 2 is 1.88 bits per heavy atom. The van der Waals surface area contributed by atoms with E-state index in [1.807, 2.05) is 0 Å². The third-order valence-electron chi connectivity index (χ3n) is 3.49. The maximum absolute atomic E-state index is 12.5. The highest BCUT2D eigenvalue weighted by molar-refractivity contribution is 7.92. The second-order valence-electron chi connectivity index (χ2n) is 5.44. The molecule has 1 amide bonds. The average Bonchev–Trinajstić information content (AvgIpc) is 2.53. The molecular weight excluding hydrogens is 364 g/mol. The minimum atomic E-state index is -3.70. The first-order valence-electron chi connectivity index (χ1n) is 7.42. The Bertz CT molecular complexity index is 870. The number of nitrogens with zero attached hydrogens (tertiary/aromatic N) is 1. The number of carbonyl (C=O) groups excluding carboxylic acids is 1. The molecule has 2 aromatic carbocycles. The average molecular weight is 383 g/mol. The van der Waals surface area contributed by atoms with Crippen LogP contribution in [0.2, 0.25) is 5.02 Å². The summed E-state index contributed by atoms with van der Waals surface area (Å²) in [5, 5.41) is 3.14. The van der Waals surface area contributed by atoms with Crippen molar-refractivity contribution in [2.45, 2.75) is 13.0 Å². The van der Waals surface area contributed by atoms with Gasteiger partial charge in [-0.1, -0.05) is 23.7 Å². The molecule has 1 atom stereocenters. The minimum absolute atomic E-state index is 0.343. The lowest BCUT2D eigenvalue weighted by molar-refractivity contribution is -0.116. The van der Waals surface area contributed by atoms with Crippen LogP contribution in [-0.2, 0) is 14.8 Å². The van der Waals surface area contributed by atoms with Gasteiger partial charge in [0, 0.05) is 16.8 Å². The first-order chi connectivity index (χ1) is 11.7. The molecule has 0 aliphatic heterocycles. The van der Waals surface area contributed by atoms with Crippen molar-refractivity contribution in [3.63, 3.8) is 0 Å². The van der Waals surface area contributed by atoms with Crippen LogP contribution in [0.5, 0.6) is 5.75 Å². The van der Waals surface area contributed by atoms with Crippen molar-refractivity contribution in [1.29, 1.82) is 0 Å². The molecule has 0 aliphatic carbocycles. The number of sulfonamides is 1. The summed E-state index contributed by atoms with van der Waals surface area (Å²) in [6.07, 6.45) is 1.05. The summed E-state index contributed by atoms with van der Waals surface area (Å²) in [7, 11) is -2.21. The molecule has 1 N–H and O–H groups in total. The molecule has 0 fully saturated rings. The highest BCUT2D eigenvalue weighted by Crippen LogP contribution is 2.26. The number of hydrogen-bond donors (Lipinski definition) is 1. The molecule has 2 rings (SSSR count). The van der Waals surface area contributed by atoms with Crippen molar-refractivity contribution in [3.05, 3.63) is 53.6 Å². The number of halogens is 1. The zero-order valence-electron chi connectivity index (χ0n) is 14.1. The van der Waals surface area contributed by atoms with Crippen LogP contribution in [0.15, 0.2) is 48.5 Å². The molecule has 0 aromatic heterocycles. The number of anilines is 2. The van der Waals surface area contributed by atoms with Gasteiger partial charge in [0.1, 0.15) is 11.8 Å². The highest BCUT2D eigenvalue weighted by atomic mass is 35.5. The number of amides is 1. The lowest BCUT2D eigenvalue weighted by atomic mass is 10.2. The van der Waals surface area contributed by atoms with Gasteiger partial charge in [-0.15, -0.1) is 0 Å². The van der Waals surface area contributed by atoms with Gasteiger partial charge in [0.15, 0.2) is 0 Å². The summed E-state index contributed by atoms with van der Waals surface area (Å²) >= 11 is 5.90. The van der Waals surface area contributed by atoms with Gasteiger partial charge in [0.2, 0.25) is 15.9 Å². The standard InChI is InChI=1S/C17H19ClN2O4S/c1-12(17(21)19-14-7-4-6-13(18)10-14)20(25(3,22)23)15-8-5-9-16(11-15)24-2/h4-12H,1-3H3,(H,19,21). The van der Waals surface area contributed by atoms with E-state index in [0.29, 0.717) is 22.1 Å². The Kier molecular flexibility index (Phi) is 5.92. The first kappa shape index (κ1) is 19.1. The van der Waals surface area contributed by atoms with E-state index in [0.717, 1.165) is 10.6 Å². The summed E-state index contributed by atoms with van der Waals surface area (Å²) < 4.78 is 30.7. The van der Waals surface area contributed by atoms with Crippen LogP contribution in [0.1, 0.15) is 6.92 Å². The SMILES string of the molecule is COc1cccc(N(C(C)C(=O)Nc2cccc(Cl)c2)S(C)(=O)=O)c1. The van der Waals surface area contributed by atoms with Crippen molar-refractivity contribution < 1.29 is 17.9 Å². The second-order valence-corrected chi connectivity index (χ2v) is 7.73. The highest BCUT2D eigenvalue weighted by Gasteiger charge is 2.29. The van der Waals surface area contributed by atoms with E-state index in [1.54, 1.807) is 48.5 Å². The van der Waals surface area contributed by atoms with E-state index >= 15 is 0 Å². The van der Waals surface area contributed by atoms with Crippen molar-refractivity contribution in [2.75, 3.05) is 23.0 Å². The molecular formula is C17H19ClN2O4S. The maximum Gasteiger partial charge on any atom is 0.247 e. The summed E-state index contributed by atoms with van der Waals surface area (Å²) in [5.74, 6) is 0.0177. The lowest BCUT2D eigenvalue weighted by Gasteiger charge is -2.28. The Hall–Kier alpha value is -2.25. The third kappa shape index (κ3) is 4.87. The van der Waals surface area contributed by atoms with Crippen LogP contribution in [0.25, 0.3) is 0 Å². The molecule has 8 heteroatoms. The number of methoxy groups -OCH3 is 1. The molecule has 0 radical (unpaired) electrons. The van der Waals surface area contributed by atoms with Gasteiger partial charge >= 0.3 is 0 Å². The van der Waals surface area contributed by atoms with Crippen LogP contribution >= 0.6 is 11.6 Å². The van der Waals surface area contributed by atoms with Gasteiger partial charge in [-0.25, -0.2) is 8.42 Å². The Morgan fingerprint density at radius 1 is 1.20 bits per heavy atom. The second kappa shape index (κ2) is 7.76. The Morgan fingerprint density at radius 3 is 2.48 bits per heavy atom. The van der Waals surface area contributed by atoms with Crippen LogP contribution in [0.3, 0.4) is 0 Å². The van der Waals surface area contributed by atoms with Gasteiger partial charge in [-0.3, -0.25) is 9.10 Å². The molecule has 2 aromatic rings. The third-order valence-corrected chi connectivity index (χ3v) is 4.97. The molecule has 6 nitrogen and oxygen atoms in total. The number of carbonyl (C=O) groups is 1. The van der Waals surface area contributed by atoms with Crippen LogP contribution in [0.4, 0.5) is 11.4 Å². The molecule has 0 saturated heterocycles. The maximum atomic E-state index is 12.5. The number of benzene rings is 2. The molecule has 1 unspecified atom stereocenters. The van der Waals surface area contributed by atoms with E-state index in [2.05, 4.69) is 5.32 Å². The van der Waals surface area contributed by atoms with Gasteiger partial charge in [0.25, 0.3) is 0 Å². The number of ether oxygens (including phenoxy) is 1. The smallest absolute Gasteiger partial charge is 0.247 e. The quantitative estimate of drug-likeness (QED) is 0.832. The summed E-state index contributed by atoms with van der Waals surface area (Å²) in [6, 6.07) is 12.2. The monoisotopic (exact) mass is 382 g/mol. The molecule has 0 bridgehead atoms. The summed E-state index contributed by atoms with van der Waals surface area (Å²) in [6.45, 7) is 1.51. The zero-order chi connectivity index (χ0) is 18.6. The fourth-order valence-electron chi connectivity index (χ4n) is 2.37. The number of nitrogens with one attached hydrogen (secondary N) is 1. The Balaban J connectivity index is 2.32. The van der Waals surface area contributed by atoms with Crippen molar-refractivity contribution in [1.82, 2.24) is 0 Å². The van der Waals surface area contributed by atoms with Gasteiger partial charge in [-0.2, -0.15) is 0 Å². The van der Waals surface area contributed by atoms with Crippen LogP contribution in [0, 0.1) is 0 Å². The molecule has 25 heavy (non-hydrogen) atoms. The molecule has 0 heterocycles. The summed E-state index contributed by atoms with van der Waals surface area (Å²) in [5.41, 5.74) is 0.832. The zero-order valence-corrected chi connectivity index (χ0v) is 15.6. The molecule has 0 saturated carbocycles. The first-order valence-corrected chi connectivity index (χ1v) is 9.65. The molecule has 0 aliphatic rings. The van der Waals surface area contributed by atoms with Crippen molar-refractivity contribution in [2.24, 2.45) is 0 Å². The number of hydrogen-bond acceptors (Lipinski definition) is 4. The normalized spacial score (nSPS) is 12.3. The van der Waals surface area contributed by atoms with Crippen LogP contribution in [-0.4, -0.2) is 33.7 Å². The molecule has 134 valence electrons. The minimum Gasteiger partial charge on any atom is -0.497 e. The van der Waals surface area contributed by atoms with Crippen molar-refractivity contribution in [3.8, 4) is 5.75 Å².